The van der Waals surface area contributed by atoms with Gasteiger partial charge in [-0.3, -0.25) is 53.4 Å². The highest BCUT2D eigenvalue weighted by atomic mass is 32.2. The summed E-state index contributed by atoms with van der Waals surface area (Å²) in [5.41, 5.74) is -1.73. The SMILES string of the molecule is C/C=C/C[C@@H](C)[C@@H](O)[C@H]1C(=O)N[C@@H](CC)C(=O)N(C)[C@H](S(=O)CCCN2CCOCC2)C(=O)N(C)[C@@H](CC(C)(C)O)C(=O)NC(=O)N(C)C(=O)NC(=O)N[C@H](C)C(=O)N(C)C(=O)N(C)C(=O)N(C)[C@@H](C(C)C)C(=O)N1C. The Labute approximate surface area is 447 Å². The maximum absolute atomic E-state index is 14.9. The van der Waals surface area contributed by atoms with Crippen molar-refractivity contribution >= 4 is 76.4 Å². The average molecular weight is 1100 g/mol. The van der Waals surface area contributed by atoms with Crippen LogP contribution < -0.4 is 21.3 Å². The fourth-order valence-electron chi connectivity index (χ4n) is 8.48. The van der Waals surface area contributed by atoms with Gasteiger partial charge in [-0.05, 0) is 65.3 Å². The van der Waals surface area contributed by atoms with E-state index in [1.807, 2.05) is 5.32 Å². The van der Waals surface area contributed by atoms with Crippen LogP contribution in [0.5, 0.6) is 0 Å². The molecule has 0 saturated carbocycles. The zero-order chi connectivity index (χ0) is 58.3. The standard InChI is InChI=1S/C48H82N12O15S/c1-16-18-20-29(5)35(61)34-37(63)50-31(17-2)39(65)56(12)42(76(74)26-19-21-60-22-24-75-25-23-60)41(67)53(9)32(27-48(7,8)73)36(62)51-44(69)58(14)45(70)52-43(68)49-30(6)38(64)57(13)47(72)59(15)46(71)55(11)33(28(3)4)40(66)54(34)10/h16,18,28-35,42,61,73H,17,19-27H2,1-15H3,(H,50,63)(H,51,62,69)(H2,49,52,68,70)/b18-16+/t29-,30-,31+,32+,33+,34+,35-,42-,76?/m1/s1. The lowest BCUT2D eigenvalue weighted by Gasteiger charge is -2.40. The molecule has 2 heterocycles. The first-order chi connectivity index (χ1) is 35.2. The molecule has 2 fully saturated rings. The Kier molecular flexibility index (Phi) is 25.6. The van der Waals surface area contributed by atoms with E-state index >= 15 is 0 Å². The highest BCUT2D eigenvalue weighted by molar-refractivity contribution is 7.86. The molecule has 0 aromatic carbocycles. The maximum atomic E-state index is 14.9. The zero-order valence-electron chi connectivity index (χ0n) is 46.6. The lowest BCUT2D eigenvalue weighted by Crippen LogP contribution is -2.64. The van der Waals surface area contributed by atoms with E-state index in [-0.39, 0.29) is 29.9 Å². The fraction of sp³-hybridized carbons (Fsp3) is 0.729. The number of rotatable bonds is 13. The molecule has 2 saturated heterocycles. The molecule has 28 heteroatoms. The number of ether oxygens (including phenoxy) is 1. The second-order valence-corrected chi connectivity index (χ2v) is 21.7. The van der Waals surface area contributed by atoms with Gasteiger partial charge in [-0.2, -0.15) is 0 Å². The van der Waals surface area contributed by atoms with Gasteiger partial charge in [-0.15, -0.1) is 0 Å². The number of nitrogens with one attached hydrogen (secondary N) is 4. The molecular weight excluding hydrogens is 1020 g/mol. The van der Waals surface area contributed by atoms with Crippen LogP contribution >= 0.6 is 0 Å². The van der Waals surface area contributed by atoms with Crippen molar-refractivity contribution in [3.63, 3.8) is 0 Å². The van der Waals surface area contributed by atoms with Crippen LogP contribution in [0, 0.1) is 11.8 Å². The lowest BCUT2D eigenvalue weighted by atomic mass is 9.91. The number of aliphatic hydroxyl groups excluding tert-OH is 1. The molecule has 0 spiro atoms. The van der Waals surface area contributed by atoms with E-state index in [1.54, 1.807) is 45.2 Å². The average Bonchev–Trinajstić information content (AvgIpc) is 3.36. The second kappa shape index (κ2) is 29.4. The summed E-state index contributed by atoms with van der Waals surface area (Å²) in [5.74, 6) is -7.86. The number of urea groups is 5. The third kappa shape index (κ3) is 17.7. The molecule has 0 aromatic rings. The first kappa shape index (κ1) is 66.0. The molecule has 9 atom stereocenters. The highest BCUT2D eigenvalue weighted by Gasteiger charge is 2.46. The van der Waals surface area contributed by atoms with Crippen LogP contribution in [0.3, 0.4) is 0 Å². The van der Waals surface area contributed by atoms with E-state index < -0.39 is 142 Å². The van der Waals surface area contributed by atoms with E-state index in [9.17, 15) is 67.2 Å². The quantitative estimate of drug-likeness (QED) is 0.127. The van der Waals surface area contributed by atoms with Gasteiger partial charge < -0.3 is 45.2 Å². The Morgan fingerprint density at radius 2 is 1.30 bits per heavy atom. The van der Waals surface area contributed by atoms with Crippen LogP contribution in [0.2, 0.25) is 0 Å². The van der Waals surface area contributed by atoms with Crippen LogP contribution in [-0.4, -0.2) is 254 Å². The number of likely N-dealkylation sites (N-methyl/N-ethyl adjacent to an activating group) is 5. The topological polar surface area (TPSA) is 329 Å². The van der Waals surface area contributed by atoms with E-state index in [0.717, 1.165) is 54.7 Å². The number of amides is 16. The van der Waals surface area contributed by atoms with Gasteiger partial charge in [0.25, 0.3) is 17.7 Å². The van der Waals surface area contributed by atoms with Gasteiger partial charge in [0.1, 0.15) is 30.2 Å². The van der Waals surface area contributed by atoms with Crippen molar-refractivity contribution in [2.45, 2.75) is 128 Å². The van der Waals surface area contributed by atoms with E-state index in [4.69, 9.17) is 4.74 Å². The molecule has 76 heavy (non-hydrogen) atoms. The second-order valence-electron chi connectivity index (χ2n) is 20.1. The first-order valence-electron chi connectivity index (χ1n) is 25.1. The van der Waals surface area contributed by atoms with Crippen molar-refractivity contribution in [2.24, 2.45) is 11.8 Å². The Balaban J connectivity index is 2.90. The summed E-state index contributed by atoms with van der Waals surface area (Å²) in [6.45, 7) is 14.4. The van der Waals surface area contributed by atoms with Crippen LogP contribution in [-0.2, 0) is 44.3 Å². The molecule has 0 aromatic heterocycles. The van der Waals surface area contributed by atoms with Crippen LogP contribution in [0.25, 0.3) is 0 Å². The predicted molar refractivity (Wildman–Crippen MR) is 278 cm³/mol. The normalized spacial score (nSPS) is 25.7. The largest absolute Gasteiger partial charge is 0.390 e. The van der Waals surface area contributed by atoms with Gasteiger partial charge >= 0.3 is 30.2 Å². The summed E-state index contributed by atoms with van der Waals surface area (Å²) in [7, 11) is 5.36. The number of hydrogen-bond donors (Lipinski definition) is 6. The molecule has 16 amide bonds. The summed E-state index contributed by atoms with van der Waals surface area (Å²) in [6, 6.07) is -14.5. The van der Waals surface area contributed by atoms with Crippen molar-refractivity contribution < 1.29 is 71.9 Å². The Morgan fingerprint density at radius 1 is 0.724 bits per heavy atom. The molecule has 27 nitrogen and oxygen atoms in total. The van der Waals surface area contributed by atoms with Gasteiger partial charge in [0.2, 0.25) is 17.7 Å². The van der Waals surface area contributed by atoms with Crippen molar-refractivity contribution in [1.29, 1.82) is 0 Å². The predicted octanol–water partition coefficient (Wildman–Crippen LogP) is -0.509. The lowest BCUT2D eigenvalue weighted by molar-refractivity contribution is -0.150. The minimum absolute atomic E-state index is 0.149. The minimum atomic E-state index is -2.24. The van der Waals surface area contributed by atoms with Crippen molar-refractivity contribution in [1.82, 2.24) is 60.5 Å². The molecular formula is C48H82N12O15S. The van der Waals surface area contributed by atoms with Gasteiger partial charge in [0, 0.05) is 74.6 Å². The smallest absolute Gasteiger partial charge is 0.334 e. The molecule has 6 N–H and O–H groups in total. The molecule has 2 aliphatic heterocycles. The van der Waals surface area contributed by atoms with E-state index in [2.05, 4.69) is 15.5 Å². The van der Waals surface area contributed by atoms with Crippen molar-refractivity contribution in [3.05, 3.63) is 12.2 Å². The molecule has 1 unspecified atom stereocenters. The monoisotopic (exact) mass is 1100 g/mol. The van der Waals surface area contributed by atoms with Gasteiger partial charge in [-0.1, -0.05) is 39.8 Å². The van der Waals surface area contributed by atoms with Crippen LogP contribution in [0.1, 0.15) is 81.1 Å². The number of morpholine rings is 1. The maximum Gasteiger partial charge on any atom is 0.334 e. The number of nitrogens with zero attached hydrogens (tertiary/aromatic N) is 8. The van der Waals surface area contributed by atoms with Gasteiger partial charge in [-0.25, -0.2) is 33.8 Å². The molecule has 0 bridgehead atoms. The summed E-state index contributed by atoms with van der Waals surface area (Å²) in [5, 5.41) is 29.6. The number of imide groups is 5. The van der Waals surface area contributed by atoms with Crippen molar-refractivity contribution in [3.8, 4) is 0 Å². The zero-order valence-corrected chi connectivity index (χ0v) is 47.4. The number of aliphatic hydroxyl groups is 2. The fourth-order valence-corrected chi connectivity index (χ4v) is 9.96. The van der Waals surface area contributed by atoms with Crippen molar-refractivity contribution in [2.75, 3.05) is 87.9 Å². The summed E-state index contributed by atoms with van der Waals surface area (Å²) in [6.07, 6.45) is 1.64. The molecule has 2 aliphatic rings. The molecule has 430 valence electrons. The Bertz CT molecular complexity index is 2190. The Morgan fingerprint density at radius 3 is 1.84 bits per heavy atom. The van der Waals surface area contributed by atoms with Crippen LogP contribution in [0.15, 0.2) is 12.2 Å². The van der Waals surface area contributed by atoms with E-state index in [0.29, 0.717) is 42.6 Å². The summed E-state index contributed by atoms with van der Waals surface area (Å²) >= 11 is 0. The van der Waals surface area contributed by atoms with E-state index in [1.165, 1.54) is 41.9 Å². The molecule has 0 radical (unpaired) electrons. The number of carbonyl (C=O) groups is 11. The minimum Gasteiger partial charge on any atom is -0.390 e. The third-order valence-corrected chi connectivity index (χ3v) is 14.9. The number of allylic oxidation sites excluding steroid dienone is 2. The third-order valence-electron chi connectivity index (χ3n) is 13.2. The van der Waals surface area contributed by atoms with Gasteiger partial charge in [0.05, 0.1) is 35.7 Å². The summed E-state index contributed by atoms with van der Waals surface area (Å²) in [4.78, 5) is 160. The number of carbonyl (C=O) groups excluding carboxylic acids is 11. The van der Waals surface area contributed by atoms with Crippen LogP contribution in [0.4, 0.5) is 24.0 Å². The molecule has 0 aliphatic carbocycles. The van der Waals surface area contributed by atoms with Gasteiger partial charge in [0.15, 0.2) is 5.37 Å². The Hall–Kier alpha value is -6.10. The number of hydrogen-bond acceptors (Lipinski definition) is 16. The summed E-state index contributed by atoms with van der Waals surface area (Å²) < 4.78 is 20.0. The highest BCUT2D eigenvalue weighted by Crippen LogP contribution is 2.23. The first-order valence-corrected chi connectivity index (χ1v) is 26.4. The molecule has 2 rings (SSSR count).